The van der Waals surface area contributed by atoms with Gasteiger partial charge < -0.3 is 10.5 Å². The van der Waals surface area contributed by atoms with Gasteiger partial charge in [0.25, 0.3) is 0 Å². The summed E-state index contributed by atoms with van der Waals surface area (Å²) in [4.78, 5) is 2.53. The van der Waals surface area contributed by atoms with Crippen molar-refractivity contribution < 1.29 is 4.74 Å². The molecule has 2 atom stereocenters. The molecule has 114 valence electrons. The van der Waals surface area contributed by atoms with E-state index in [4.69, 9.17) is 10.5 Å². The molecule has 0 saturated carbocycles. The Morgan fingerprint density at radius 1 is 1.43 bits per heavy atom. The van der Waals surface area contributed by atoms with Gasteiger partial charge in [0.1, 0.15) is 5.75 Å². The maximum absolute atomic E-state index is 5.50. The summed E-state index contributed by atoms with van der Waals surface area (Å²) in [5, 5.41) is 0.671. The van der Waals surface area contributed by atoms with Gasteiger partial charge in [-0.2, -0.15) is 11.8 Å². The zero-order valence-electron chi connectivity index (χ0n) is 13.1. The molecule has 1 saturated heterocycles. The normalized spacial score (nSPS) is 22.5. The first-order chi connectivity index (χ1) is 10.2. The van der Waals surface area contributed by atoms with Crippen molar-refractivity contribution in [2.75, 3.05) is 26.0 Å². The van der Waals surface area contributed by atoms with E-state index in [9.17, 15) is 0 Å². The standard InChI is InChI=1S/C17H24N2OS/c1-13-14(2)21-10-9-19(13)12-16-11-15(5-4-8-18)6-7-17(16)20-3/h6-7,11,13-14H,8-10,12,18H2,1-3H3. The number of methoxy groups -OCH3 is 1. The van der Waals surface area contributed by atoms with E-state index in [0.717, 1.165) is 24.4 Å². The molecule has 1 fully saturated rings. The number of ether oxygens (including phenoxy) is 1. The quantitative estimate of drug-likeness (QED) is 0.870. The number of rotatable bonds is 3. The van der Waals surface area contributed by atoms with Crippen molar-refractivity contribution in [2.45, 2.75) is 31.7 Å². The van der Waals surface area contributed by atoms with Crippen LogP contribution in [0.15, 0.2) is 18.2 Å². The lowest BCUT2D eigenvalue weighted by molar-refractivity contribution is 0.202. The molecule has 0 spiro atoms. The highest BCUT2D eigenvalue weighted by molar-refractivity contribution is 8.00. The van der Waals surface area contributed by atoms with Crippen LogP contribution < -0.4 is 10.5 Å². The van der Waals surface area contributed by atoms with E-state index in [0.29, 0.717) is 17.8 Å². The van der Waals surface area contributed by atoms with E-state index in [1.165, 1.54) is 11.3 Å². The smallest absolute Gasteiger partial charge is 0.123 e. The number of benzene rings is 1. The zero-order chi connectivity index (χ0) is 15.2. The minimum Gasteiger partial charge on any atom is -0.496 e. The van der Waals surface area contributed by atoms with Crippen molar-refractivity contribution in [3.63, 3.8) is 0 Å². The van der Waals surface area contributed by atoms with Gasteiger partial charge >= 0.3 is 0 Å². The minimum atomic E-state index is 0.388. The lowest BCUT2D eigenvalue weighted by atomic mass is 10.1. The average Bonchev–Trinajstić information content (AvgIpc) is 2.50. The third kappa shape index (κ3) is 4.16. The van der Waals surface area contributed by atoms with Gasteiger partial charge in [-0.3, -0.25) is 4.90 Å². The van der Waals surface area contributed by atoms with Crippen molar-refractivity contribution in [2.24, 2.45) is 5.73 Å². The summed E-state index contributed by atoms with van der Waals surface area (Å²) in [5.41, 5.74) is 7.65. The molecule has 0 amide bonds. The van der Waals surface area contributed by atoms with E-state index in [-0.39, 0.29) is 0 Å². The second-order valence-electron chi connectivity index (χ2n) is 5.32. The Morgan fingerprint density at radius 2 is 2.24 bits per heavy atom. The Balaban J connectivity index is 2.20. The van der Waals surface area contributed by atoms with Crippen LogP contribution in [-0.2, 0) is 6.54 Å². The number of nitrogens with two attached hydrogens (primary N) is 1. The number of hydrogen-bond donors (Lipinski definition) is 1. The lowest BCUT2D eigenvalue weighted by Gasteiger charge is -2.37. The molecule has 2 unspecified atom stereocenters. The minimum absolute atomic E-state index is 0.388. The Labute approximate surface area is 132 Å². The summed E-state index contributed by atoms with van der Waals surface area (Å²) in [7, 11) is 1.72. The molecule has 1 aliphatic heterocycles. The molecule has 4 heteroatoms. The van der Waals surface area contributed by atoms with Gasteiger partial charge in [0, 0.05) is 41.3 Å². The van der Waals surface area contributed by atoms with Gasteiger partial charge in [0.2, 0.25) is 0 Å². The molecule has 1 aromatic rings. The van der Waals surface area contributed by atoms with Crippen molar-refractivity contribution in [3.8, 4) is 17.6 Å². The second-order valence-corrected chi connectivity index (χ2v) is 6.80. The van der Waals surface area contributed by atoms with Crippen molar-refractivity contribution in [1.29, 1.82) is 0 Å². The summed E-state index contributed by atoms with van der Waals surface area (Å²) in [5.74, 6) is 8.14. The molecular formula is C17H24N2OS. The van der Waals surface area contributed by atoms with Crippen LogP contribution in [0, 0.1) is 11.8 Å². The Kier molecular flexibility index (Phi) is 5.98. The van der Waals surface area contributed by atoms with Crippen molar-refractivity contribution in [1.82, 2.24) is 4.90 Å². The van der Waals surface area contributed by atoms with Crippen LogP contribution in [0.25, 0.3) is 0 Å². The van der Waals surface area contributed by atoms with Crippen LogP contribution in [0.5, 0.6) is 5.75 Å². The first-order valence-electron chi connectivity index (χ1n) is 7.37. The van der Waals surface area contributed by atoms with Crippen LogP contribution in [0.3, 0.4) is 0 Å². The summed E-state index contributed by atoms with van der Waals surface area (Å²) in [6.45, 7) is 7.04. The lowest BCUT2D eigenvalue weighted by Crippen LogP contribution is -2.44. The van der Waals surface area contributed by atoms with Crippen LogP contribution in [0.4, 0.5) is 0 Å². The predicted molar refractivity (Wildman–Crippen MR) is 90.7 cm³/mol. The molecule has 3 nitrogen and oxygen atoms in total. The zero-order valence-corrected chi connectivity index (χ0v) is 13.9. The highest BCUT2D eigenvalue weighted by Gasteiger charge is 2.25. The second kappa shape index (κ2) is 7.74. The van der Waals surface area contributed by atoms with E-state index >= 15 is 0 Å². The molecule has 2 rings (SSSR count). The van der Waals surface area contributed by atoms with Gasteiger partial charge in [-0.25, -0.2) is 0 Å². The fourth-order valence-electron chi connectivity index (χ4n) is 2.57. The number of hydrogen-bond acceptors (Lipinski definition) is 4. The summed E-state index contributed by atoms with van der Waals surface area (Å²) in [6, 6.07) is 6.69. The van der Waals surface area contributed by atoms with Gasteiger partial charge in [0.15, 0.2) is 0 Å². The number of nitrogens with zero attached hydrogens (tertiary/aromatic N) is 1. The van der Waals surface area contributed by atoms with Gasteiger partial charge in [-0.1, -0.05) is 18.8 Å². The van der Waals surface area contributed by atoms with Crippen molar-refractivity contribution >= 4 is 11.8 Å². The summed E-state index contributed by atoms with van der Waals surface area (Å²) >= 11 is 2.06. The fraction of sp³-hybridized carbons (Fsp3) is 0.529. The summed E-state index contributed by atoms with van der Waals surface area (Å²) < 4.78 is 5.50. The van der Waals surface area contributed by atoms with E-state index in [1.54, 1.807) is 7.11 Å². The maximum Gasteiger partial charge on any atom is 0.123 e. The molecule has 2 N–H and O–H groups in total. The van der Waals surface area contributed by atoms with Crippen LogP contribution >= 0.6 is 11.8 Å². The van der Waals surface area contributed by atoms with E-state index in [2.05, 4.69) is 48.4 Å². The SMILES string of the molecule is COc1ccc(C#CCN)cc1CN1CCSC(C)C1C. The van der Waals surface area contributed by atoms with Gasteiger partial charge in [0.05, 0.1) is 13.7 Å². The largest absolute Gasteiger partial charge is 0.496 e. The molecule has 0 bridgehead atoms. The maximum atomic E-state index is 5.50. The molecule has 1 aliphatic rings. The van der Waals surface area contributed by atoms with Crippen LogP contribution in [0.2, 0.25) is 0 Å². The number of thioether (sulfide) groups is 1. The first-order valence-corrected chi connectivity index (χ1v) is 8.42. The van der Waals surface area contributed by atoms with Crippen LogP contribution in [-0.4, -0.2) is 42.1 Å². The topological polar surface area (TPSA) is 38.5 Å². The molecule has 0 radical (unpaired) electrons. The molecule has 1 aromatic carbocycles. The monoisotopic (exact) mass is 304 g/mol. The highest BCUT2D eigenvalue weighted by Crippen LogP contribution is 2.28. The van der Waals surface area contributed by atoms with Gasteiger partial charge in [-0.15, -0.1) is 0 Å². The van der Waals surface area contributed by atoms with Gasteiger partial charge in [-0.05, 0) is 25.1 Å². The molecule has 0 aromatic heterocycles. The molecule has 21 heavy (non-hydrogen) atoms. The molecular weight excluding hydrogens is 280 g/mol. The summed E-state index contributed by atoms with van der Waals surface area (Å²) in [6.07, 6.45) is 0. The Morgan fingerprint density at radius 3 is 2.95 bits per heavy atom. The third-order valence-electron chi connectivity index (χ3n) is 4.00. The first kappa shape index (κ1) is 16.2. The third-order valence-corrected chi connectivity index (χ3v) is 5.34. The van der Waals surface area contributed by atoms with Crippen LogP contribution in [0.1, 0.15) is 25.0 Å². The molecule has 0 aliphatic carbocycles. The predicted octanol–water partition coefficient (Wildman–Crippen LogP) is 2.33. The van der Waals surface area contributed by atoms with E-state index < -0.39 is 0 Å². The van der Waals surface area contributed by atoms with E-state index in [1.807, 2.05) is 12.1 Å². The Hall–Kier alpha value is -1.15. The highest BCUT2D eigenvalue weighted by atomic mass is 32.2. The fourth-order valence-corrected chi connectivity index (χ4v) is 3.73. The Bertz CT molecular complexity index is 535. The average molecular weight is 304 g/mol. The molecule has 1 heterocycles. The van der Waals surface area contributed by atoms with Crippen molar-refractivity contribution in [3.05, 3.63) is 29.3 Å².